The molecular weight excluding hydrogens is 384 g/mol. The molecule has 0 unspecified atom stereocenters. The number of nitrogens with one attached hydrogen (secondary N) is 2. The van der Waals surface area contributed by atoms with Crippen LogP contribution in [-0.4, -0.2) is 26.8 Å². The van der Waals surface area contributed by atoms with E-state index in [9.17, 15) is 4.79 Å². The summed E-state index contributed by atoms with van der Waals surface area (Å²) in [4.78, 5) is 15.3. The third kappa shape index (κ3) is 3.84. The van der Waals surface area contributed by atoms with Gasteiger partial charge in [-0.15, -0.1) is 10.2 Å². The Hall–Kier alpha value is -2.77. The number of hydrogen-bond acceptors (Lipinski definition) is 5. The van der Waals surface area contributed by atoms with Crippen LogP contribution in [0.15, 0.2) is 58.3 Å². The van der Waals surface area contributed by atoms with Crippen LogP contribution in [0.25, 0.3) is 22.4 Å². The summed E-state index contributed by atoms with van der Waals surface area (Å²) in [7, 11) is 0. The topological polar surface area (TPSA) is 83.8 Å². The molecule has 0 bridgehead atoms. The molecule has 0 saturated heterocycles. The molecule has 6 nitrogen and oxygen atoms in total. The number of halogens is 1. The minimum Gasteiger partial charge on any atom is -0.411 e. The largest absolute Gasteiger partial charge is 0.411 e. The van der Waals surface area contributed by atoms with E-state index >= 15 is 0 Å². The summed E-state index contributed by atoms with van der Waals surface area (Å²) >= 11 is 7.12. The number of amides is 1. The van der Waals surface area contributed by atoms with Gasteiger partial charge in [0.2, 0.25) is 5.91 Å². The minimum absolute atomic E-state index is 0.155. The van der Waals surface area contributed by atoms with Crippen LogP contribution in [-0.2, 0) is 4.79 Å². The molecule has 2 aromatic heterocycles. The van der Waals surface area contributed by atoms with Gasteiger partial charge >= 0.3 is 0 Å². The van der Waals surface area contributed by atoms with E-state index in [-0.39, 0.29) is 11.7 Å². The summed E-state index contributed by atoms with van der Waals surface area (Å²) in [5.41, 5.74) is 3.47. The normalized spacial score (nSPS) is 11.0. The lowest BCUT2D eigenvalue weighted by Gasteiger charge is -2.07. The number of para-hydroxylation sites is 1. The van der Waals surface area contributed by atoms with Gasteiger partial charge in [0.1, 0.15) is 0 Å². The number of carbonyl (C=O) groups excluding carboxylic acids is 1. The molecule has 0 aliphatic carbocycles. The van der Waals surface area contributed by atoms with Crippen molar-refractivity contribution in [2.24, 2.45) is 0 Å². The first-order valence-electron chi connectivity index (χ1n) is 8.19. The second kappa shape index (κ2) is 7.46. The summed E-state index contributed by atoms with van der Waals surface area (Å²) in [6, 6.07) is 13.2. The fourth-order valence-corrected chi connectivity index (χ4v) is 3.50. The number of aromatic amines is 1. The Morgan fingerprint density at radius 3 is 2.96 bits per heavy atom. The van der Waals surface area contributed by atoms with Gasteiger partial charge in [-0.1, -0.05) is 41.6 Å². The average Bonchev–Trinajstić information content (AvgIpc) is 3.29. The first-order chi connectivity index (χ1) is 13.1. The molecule has 27 heavy (non-hydrogen) atoms. The van der Waals surface area contributed by atoms with Gasteiger partial charge in [0.25, 0.3) is 11.1 Å². The molecule has 136 valence electrons. The minimum atomic E-state index is -0.155. The van der Waals surface area contributed by atoms with Gasteiger partial charge < -0.3 is 14.7 Å². The second-order valence-corrected chi connectivity index (χ2v) is 7.28. The van der Waals surface area contributed by atoms with Crippen LogP contribution < -0.4 is 5.32 Å². The maximum atomic E-state index is 12.2. The maximum Gasteiger partial charge on any atom is 0.277 e. The van der Waals surface area contributed by atoms with Gasteiger partial charge in [0.15, 0.2) is 0 Å². The molecule has 2 N–H and O–H groups in total. The van der Waals surface area contributed by atoms with Crippen LogP contribution in [0.1, 0.15) is 5.56 Å². The number of benzene rings is 2. The highest BCUT2D eigenvalue weighted by atomic mass is 35.5. The fourth-order valence-electron chi connectivity index (χ4n) is 2.71. The molecule has 0 spiro atoms. The Morgan fingerprint density at radius 2 is 2.11 bits per heavy atom. The smallest absolute Gasteiger partial charge is 0.277 e. The van der Waals surface area contributed by atoms with E-state index < -0.39 is 0 Å². The van der Waals surface area contributed by atoms with Crippen LogP contribution in [0.4, 0.5) is 5.69 Å². The number of nitrogens with zero attached hydrogens (tertiary/aromatic N) is 2. The number of aryl methyl sites for hydroxylation is 1. The SMILES string of the molecule is Cc1cc(Cl)ccc1NC(=O)CSc1nnc(-c2c[nH]c3ccccc23)o1. The Balaban J connectivity index is 1.41. The summed E-state index contributed by atoms with van der Waals surface area (Å²) in [5.74, 6) is 0.429. The van der Waals surface area contributed by atoms with E-state index in [0.717, 1.165) is 27.7 Å². The number of rotatable bonds is 5. The van der Waals surface area contributed by atoms with Crippen LogP contribution in [0.3, 0.4) is 0 Å². The second-order valence-electron chi connectivity index (χ2n) is 5.92. The third-order valence-electron chi connectivity index (χ3n) is 4.02. The molecule has 0 radical (unpaired) electrons. The van der Waals surface area contributed by atoms with Crippen molar-refractivity contribution in [3.63, 3.8) is 0 Å². The quantitative estimate of drug-likeness (QED) is 0.466. The average molecular weight is 399 g/mol. The Labute approximate surface area is 164 Å². The molecule has 0 atom stereocenters. The van der Waals surface area contributed by atoms with Gasteiger partial charge in [-0.25, -0.2) is 0 Å². The molecule has 4 rings (SSSR count). The van der Waals surface area contributed by atoms with Gasteiger partial charge in [-0.2, -0.15) is 0 Å². The Morgan fingerprint density at radius 1 is 1.26 bits per heavy atom. The predicted octanol–water partition coefficient (Wildman–Crippen LogP) is 4.91. The number of H-pyrrole nitrogens is 1. The summed E-state index contributed by atoms with van der Waals surface area (Å²) in [5, 5.41) is 13.0. The fraction of sp³-hybridized carbons (Fsp3) is 0.105. The van der Waals surface area contributed by atoms with Crippen molar-refractivity contribution in [3.05, 3.63) is 59.2 Å². The molecular formula is C19H15ClN4O2S. The maximum absolute atomic E-state index is 12.2. The standard InChI is InChI=1S/C19H15ClN4O2S/c1-11-8-12(20)6-7-15(11)22-17(25)10-27-19-24-23-18(26-19)14-9-21-16-5-3-2-4-13(14)16/h2-9,21H,10H2,1H3,(H,22,25). The lowest BCUT2D eigenvalue weighted by molar-refractivity contribution is -0.113. The van der Waals surface area contributed by atoms with E-state index in [0.29, 0.717) is 16.1 Å². The first kappa shape index (κ1) is 17.6. The number of thioether (sulfide) groups is 1. The first-order valence-corrected chi connectivity index (χ1v) is 9.55. The van der Waals surface area contributed by atoms with Gasteiger partial charge in [-0.3, -0.25) is 4.79 Å². The van der Waals surface area contributed by atoms with E-state index in [4.69, 9.17) is 16.0 Å². The van der Waals surface area contributed by atoms with Gasteiger partial charge in [0, 0.05) is 27.8 Å². The number of fused-ring (bicyclic) bond motifs is 1. The van der Waals surface area contributed by atoms with Crippen LogP contribution >= 0.6 is 23.4 Å². The van der Waals surface area contributed by atoms with Crippen LogP contribution in [0, 0.1) is 6.92 Å². The number of hydrogen-bond donors (Lipinski definition) is 2. The predicted molar refractivity (Wildman–Crippen MR) is 107 cm³/mol. The molecule has 8 heteroatoms. The van der Waals surface area contributed by atoms with Crippen molar-refractivity contribution in [1.82, 2.24) is 15.2 Å². The number of aromatic nitrogens is 3. The Kier molecular flexibility index (Phi) is 4.87. The monoisotopic (exact) mass is 398 g/mol. The zero-order valence-corrected chi connectivity index (χ0v) is 15.9. The highest BCUT2D eigenvalue weighted by molar-refractivity contribution is 7.99. The van der Waals surface area contributed by atoms with Gasteiger partial charge in [-0.05, 0) is 36.8 Å². The van der Waals surface area contributed by atoms with Crippen molar-refractivity contribution < 1.29 is 9.21 Å². The molecule has 2 heterocycles. The molecule has 0 fully saturated rings. The summed E-state index contributed by atoms with van der Waals surface area (Å²) in [6.07, 6.45) is 1.84. The Bertz CT molecular complexity index is 1120. The lowest BCUT2D eigenvalue weighted by Crippen LogP contribution is -2.14. The summed E-state index contributed by atoms with van der Waals surface area (Å²) in [6.45, 7) is 1.89. The molecule has 0 aliphatic heterocycles. The van der Waals surface area contributed by atoms with Crippen LogP contribution in [0.5, 0.6) is 0 Å². The van der Waals surface area contributed by atoms with Crippen molar-refractivity contribution in [3.8, 4) is 11.5 Å². The summed E-state index contributed by atoms with van der Waals surface area (Å²) < 4.78 is 5.70. The number of anilines is 1. The van der Waals surface area contributed by atoms with Gasteiger partial charge in [0.05, 0.1) is 11.3 Å². The highest BCUT2D eigenvalue weighted by Gasteiger charge is 2.14. The molecule has 2 aromatic carbocycles. The van der Waals surface area contributed by atoms with Crippen molar-refractivity contribution in [2.75, 3.05) is 11.1 Å². The van der Waals surface area contributed by atoms with Crippen LogP contribution in [0.2, 0.25) is 5.02 Å². The molecule has 0 saturated carbocycles. The van der Waals surface area contributed by atoms with E-state index in [2.05, 4.69) is 20.5 Å². The number of carbonyl (C=O) groups is 1. The third-order valence-corrected chi connectivity index (χ3v) is 5.07. The van der Waals surface area contributed by atoms with E-state index in [1.807, 2.05) is 37.4 Å². The zero-order chi connectivity index (χ0) is 18.8. The van der Waals surface area contributed by atoms with Crippen molar-refractivity contribution >= 4 is 45.9 Å². The lowest BCUT2D eigenvalue weighted by atomic mass is 10.2. The molecule has 4 aromatic rings. The van der Waals surface area contributed by atoms with E-state index in [1.165, 1.54) is 11.8 Å². The van der Waals surface area contributed by atoms with Crippen molar-refractivity contribution in [1.29, 1.82) is 0 Å². The molecule has 1 amide bonds. The zero-order valence-electron chi connectivity index (χ0n) is 14.3. The molecule has 0 aliphatic rings. The highest BCUT2D eigenvalue weighted by Crippen LogP contribution is 2.29. The van der Waals surface area contributed by atoms with E-state index in [1.54, 1.807) is 18.2 Å². The van der Waals surface area contributed by atoms with Crippen molar-refractivity contribution in [2.45, 2.75) is 12.1 Å².